The first-order valence-corrected chi connectivity index (χ1v) is 19.8. The second-order valence-corrected chi connectivity index (χ2v) is 16.2. The fraction of sp³-hybridized carbons (Fsp3) is 0.158. The van der Waals surface area contributed by atoms with Gasteiger partial charge in [-0.1, -0.05) is 84.6 Å². The highest BCUT2D eigenvalue weighted by atomic mass is 35.5. The molecule has 2 aromatic heterocycles. The molecule has 7 rings (SSSR count). The van der Waals surface area contributed by atoms with Gasteiger partial charge in [0.05, 0.1) is 10.6 Å². The first-order valence-electron chi connectivity index (χ1n) is 15.7. The number of carbonyl (C=O) groups excluding carboxylic acids is 3. The Morgan fingerprint density at radius 1 is 0.980 bits per heavy atom. The number of rotatable bonds is 11. The van der Waals surface area contributed by atoms with Gasteiger partial charge in [0.15, 0.2) is 11.5 Å². The zero-order valence-corrected chi connectivity index (χ0v) is 30.3. The number of thioether (sulfide) groups is 2. The Labute approximate surface area is 310 Å². The third-order valence-corrected chi connectivity index (χ3v) is 12.8. The summed E-state index contributed by atoms with van der Waals surface area (Å²) in [7, 11) is 0. The fourth-order valence-electron chi connectivity index (χ4n) is 5.80. The minimum atomic E-state index is -0.762. The summed E-state index contributed by atoms with van der Waals surface area (Å²) in [5.74, 6) is -0.503. The van der Waals surface area contributed by atoms with Crippen molar-refractivity contribution in [3.63, 3.8) is 0 Å². The van der Waals surface area contributed by atoms with Gasteiger partial charge < -0.3 is 10.1 Å². The van der Waals surface area contributed by atoms with Gasteiger partial charge in [-0.25, -0.2) is 4.79 Å². The van der Waals surface area contributed by atoms with E-state index in [1.165, 1.54) is 51.1 Å². The number of halogens is 1. The van der Waals surface area contributed by atoms with Crippen molar-refractivity contribution >= 4 is 85.7 Å². The van der Waals surface area contributed by atoms with Crippen LogP contribution in [0.4, 0.5) is 0 Å². The van der Waals surface area contributed by atoms with Crippen molar-refractivity contribution in [2.24, 2.45) is 0 Å². The highest BCUT2D eigenvalue weighted by Gasteiger charge is 2.54. The smallest absolute Gasteiger partial charge is 0.356 e. The number of carbonyl (C=O) groups is 3. The van der Waals surface area contributed by atoms with Crippen LogP contribution in [0.1, 0.15) is 27.7 Å². The van der Waals surface area contributed by atoms with E-state index in [1.807, 2.05) is 95.7 Å². The Bertz CT molecular complexity index is 2130. The van der Waals surface area contributed by atoms with Gasteiger partial charge in [0, 0.05) is 32.7 Å². The lowest BCUT2D eigenvalue weighted by atomic mass is 10.0. The largest absolute Gasteiger partial charge is 0.448 e. The van der Waals surface area contributed by atoms with Crippen molar-refractivity contribution in [2.75, 3.05) is 5.75 Å². The molecule has 2 aliphatic heterocycles. The van der Waals surface area contributed by atoms with Crippen LogP contribution in [-0.4, -0.2) is 39.9 Å². The molecular formula is C38H29ClN2O5S4. The van der Waals surface area contributed by atoms with E-state index in [4.69, 9.17) is 16.3 Å². The molecule has 0 saturated carbocycles. The first-order chi connectivity index (χ1) is 24.4. The number of hydrogen-bond donors (Lipinski definition) is 1. The predicted octanol–water partition coefficient (Wildman–Crippen LogP) is 7.90. The van der Waals surface area contributed by atoms with Crippen molar-refractivity contribution in [3.05, 3.63) is 157 Å². The maximum atomic E-state index is 14.3. The summed E-state index contributed by atoms with van der Waals surface area (Å²) in [6, 6.07) is 29.1. The van der Waals surface area contributed by atoms with E-state index < -0.39 is 23.5 Å². The first kappa shape index (κ1) is 34.3. The molecule has 0 spiro atoms. The quantitative estimate of drug-likeness (QED) is 0.0634. The molecule has 3 aromatic carbocycles. The second-order valence-electron chi connectivity index (χ2n) is 11.5. The molecule has 0 bridgehead atoms. The molecule has 50 heavy (non-hydrogen) atoms. The van der Waals surface area contributed by atoms with E-state index in [1.54, 1.807) is 18.2 Å². The van der Waals surface area contributed by atoms with Gasteiger partial charge in [-0.2, -0.15) is 0 Å². The Balaban J connectivity index is 1.19. The Morgan fingerprint density at radius 3 is 2.40 bits per heavy atom. The molecule has 1 saturated heterocycles. The number of ether oxygens (including phenoxy) is 1. The third-order valence-electron chi connectivity index (χ3n) is 8.23. The van der Waals surface area contributed by atoms with Crippen molar-refractivity contribution in [1.29, 1.82) is 0 Å². The molecule has 0 aliphatic carbocycles. The summed E-state index contributed by atoms with van der Waals surface area (Å²) in [6.07, 6.45) is 1.27. The van der Waals surface area contributed by atoms with E-state index in [9.17, 15) is 19.2 Å². The number of fused-ring (bicyclic) bond motifs is 2. The van der Waals surface area contributed by atoms with E-state index >= 15 is 0 Å². The van der Waals surface area contributed by atoms with E-state index in [0.717, 1.165) is 30.5 Å². The van der Waals surface area contributed by atoms with Crippen molar-refractivity contribution in [2.45, 2.75) is 34.0 Å². The maximum absolute atomic E-state index is 14.3. The molecule has 5 aromatic rings. The lowest BCUT2D eigenvalue weighted by molar-refractivity contribution is -0.154. The average Bonchev–Trinajstić information content (AvgIpc) is 3.66. The van der Waals surface area contributed by atoms with Crippen LogP contribution >= 0.6 is 57.8 Å². The van der Waals surface area contributed by atoms with Crippen LogP contribution in [0.2, 0.25) is 0 Å². The highest BCUT2D eigenvalue weighted by Crippen LogP contribution is 2.42. The normalized spacial score (nSPS) is 17.2. The van der Waals surface area contributed by atoms with E-state index in [2.05, 4.69) is 5.32 Å². The minimum absolute atomic E-state index is 0.0819. The molecule has 4 heterocycles. The predicted molar refractivity (Wildman–Crippen MR) is 204 cm³/mol. The Morgan fingerprint density at radius 2 is 1.72 bits per heavy atom. The van der Waals surface area contributed by atoms with Crippen molar-refractivity contribution in [1.82, 2.24) is 10.2 Å². The zero-order chi connectivity index (χ0) is 34.6. The zero-order valence-electron chi connectivity index (χ0n) is 26.3. The number of thiophene rings is 1. The van der Waals surface area contributed by atoms with Crippen molar-refractivity contribution < 1.29 is 19.1 Å². The number of nitrogens with zero attached hydrogens (tertiary/aromatic N) is 1. The Kier molecular flexibility index (Phi) is 10.6. The van der Waals surface area contributed by atoms with Crippen LogP contribution in [0.25, 0.3) is 10.1 Å². The monoisotopic (exact) mass is 756 g/mol. The van der Waals surface area contributed by atoms with Crippen LogP contribution in [0, 0.1) is 0 Å². The lowest BCUT2D eigenvalue weighted by Crippen LogP contribution is -2.70. The van der Waals surface area contributed by atoms with Crippen LogP contribution in [0.5, 0.6) is 0 Å². The van der Waals surface area contributed by atoms with Gasteiger partial charge >= 0.3 is 5.97 Å². The maximum Gasteiger partial charge on any atom is 0.356 e. The number of alkyl halides is 1. The number of allylic oxidation sites excluding steroid dienone is 1. The molecule has 252 valence electrons. The summed E-state index contributed by atoms with van der Waals surface area (Å²) in [5, 5.41) is 6.79. The molecule has 2 aliphatic rings. The lowest BCUT2D eigenvalue weighted by Gasteiger charge is -2.49. The molecule has 12 heteroatoms. The minimum Gasteiger partial charge on any atom is -0.448 e. The molecule has 2 amide bonds. The van der Waals surface area contributed by atoms with Gasteiger partial charge in [0.2, 0.25) is 5.91 Å². The van der Waals surface area contributed by atoms with Gasteiger partial charge in [-0.05, 0) is 57.3 Å². The number of hydrogen-bond acceptors (Lipinski definition) is 9. The summed E-state index contributed by atoms with van der Waals surface area (Å²) < 4.78 is 7.87. The van der Waals surface area contributed by atoms with E-state index in [-0.39, 0.29) is 29.4 Å². The molecule has 1 unspecified atom stereocenters. The molecule has 2 atom stereocenters. The number of esters is 1. The molecule has 0 radical (unpaired) electrons. The summed E-state index contributed by atoms with van der Waals surface area (Å²) in [6.45, 7) is 0. The standard InChI is InChI=1S/C38H29ClN2O5S4/c39-21-23-13-14-28-29(42)20-32(50-30(28)18-23)48-17-15-26-22-49-37-33(40-31(43)19-27-12-7-16-47-27)36(44)41(37)34(26)38(45)46-35(24-8-3-1-4-9-24)25-10-5-2-6-11-25/h1-18,20,33,35,37H,19,21-22H2,(H,40,43)/t33?,37-/m1/s1. The van der Waals surface area contributed by atoms with Gasteiger partial charge in [0.1, 0.15) is 17.1 Å². The van der Waals surface area contributed by atoms with Crippen LogP contribution in [0.3, 0.4) is 0 Å². The van der Waals surface area contributed by atoms with Crippen LogP contribution in [0.15, 0.2) is 134 Å². The van der Waals surface area contributed by atoms with Crippen LogP contribution in [-0.2, 0) is 31.4 Å². The van der Waals surface area contributed by atoms with Gasteiger partial charge in [-0.15, -0.1) is 46.0 Å². The third kappa shape index (κ3) is 7.33. The van der Waals surface area contributed by atoms with Crippen molar-refractivity contribution in [3.8, 4) is 0 Å². The number of nitrogens with one attached hydrogen (secondary N) is 1. The summed E-state index contributed by atoms with van der Waals surface area (Å²) in [4.78, 5) is 56.0. The topological polar surface area (TPSA) is 92.8 Å². The number of benzene rings is 3. The summed E-state index contributed by atoms with van der Waals surface area (Å²) in [5.41, 5.74) is 3.19. The van der Waals surface area contributed by atoms with Gasteiger partial charge in [0.25, 0.3) is 5.91 Å². The van der Waals surface area contributed by atoms with E-state index in [0.29, 0.717) is 22.6 Å². The van der Waals surface area contributed by atoms with Gasteiger partial charge in [-0.3, -0.25) is 19.3 Å². The number of amides is 2. The Hall–Kier alpha value is -4.13. The SMILES string of the molecule is O=C(Cc1cccs1)NC1C(=O)N2C(C(=O)OC(c3ccccc3)c3ccccc3)=C(C=CSc3cc(=O)c4ccc(CCl)cc4s3)CS[C@H]12. The molecule has 1 N–H and O–H groups in total. The average molecular weight is 757 g/mol. The van der Waals surface area contributed by atoms with Crippen LogP contribution < -0.4 is 10.7 Å². The second kappa shape index (κ2) is 15.4. The molecule has 1 fully saturated rings. The summed E-state index contributed by atoms with van der Waals surface area (Å²) >= 11 is 11.8. The molecule has 7 nitrogen and oxygen atoms in total. The number of β-lactam (4-membered cyclic amide) rings is 1. The molecular weight excluding hydrogens is 728 g/mol. The fourth-order valence-corrected chi connectivity index (χ4v) is 10.0. The highest BCUT2D eigenvalue weighted by molar-refractivity contribution is 8.04.